The van der Waals surface area contributed by atoms with Gasteiger partial charge in [-0.15, -0.1) is 0 Å². The van der Waals surface area contributed by atoms with Crippen LogP contribution in [0.4, 0.5) is 17.6 Å². The lowest BCUT2D eigenvalue weighted by Gasteiger charge is -2.32. The van der Waals surface area contributed by atoms with E-state index in [9.17, 15) is 0 Å². The second kappa shape index (κ2) is 9.16. The van der Waals surface area contributed by atoms with Gasteiger partial charge in [0.1, 0.15) is 11.6 Å². The Morgan fingerprint density at radius 3 is 2.27 bits per heavy atom. The first-order chi connectivity index (χ1) is 14.5. The molecule has 0 saturated carbocycles. The quantitative estimate of drug-likeness (QED) is 0.699. The van der Waals surface area contributed by atoms with Gasteiger partial charge in [-0.2, -0.15) is 9.97 Å². The minimum absolute atomic E-state index is 0.519. The first-order valence-electron chi connectivity index (χ1n) is 11.0. The summed E-state index contributed by atoms with van der Waals surface area (Å²) >= 11 is 5.48. The normalized spacial score (nSPS) is 16.7. The third kappa shape index (κ3) is 5.01. The van der Waals surface area contributed by atoms with Gasteiger partial charge in [0, 0.05) is 38.8 Å². The van der Waals surface area contributed by atoms with Gasteiger partial charge in [-0.1, -0.05) is 45.0 Å². The third-order valence-electron chi connectivity index (χ3n) is 5.87. The van der Waals surface area contributed by atoms with Crippen molar-refractivity contribution in [2.45, 2.75) is 46.7 Å². The molecule has 0 radical (unpaired) electrons. The van der Waals surface area contributed by atoms with Crippen molar-refractivity contribution in [2.24, 2.45) is 11.8 Å². The molecule has 6 nitrogen and oxygen atoms in total. The molecule has 1 aromatic carbocycles. The number of fused-ring (bicyclic) bond motifs is 1. The van der Waals surface area contributed by atoms with E-state index in [0.717, 1.165) is 50.3 Å². The minimum Gasteiger partial charge on any atom is -0.362 e. The van der Waals surface area contributed by atoms with E-state index in [-0.39, 0.29) is 0 Å². The van der Waals surface area contributed by atoms with Crippen molar-refractivity contribution in [3.63, 3.8) is 0 Å². The number of benzene rings is 1. The fraction of sp³-hybridized carbons (Fsp3) is 0.522. The summed E-state index contributed by atoms with van der Waals surface area (Å²) in [5.74, 6) is 3.80. The number of hydrogen-bond donors (Lipinski definition) is 2. The molecule has 0 bridgehead atoms. The number of anilines is 3. The van der Waals surface area contributed by atoms with E-state index < -0.39 is 0 Å². The molecular formula is C23H32N6S. The zero-order valence-electron chi connectivity index (χ0n) is 18.2. The fourth-order valence-electron chi connectivity index (χ4n) is 3.98. The highest BCUT2D eigenvalue weighted by atomic mass is 32.1. The molecule has 0 unspecified atom stereocenters. The highest BCUT2D eigenvalue weighted by Gasteiger charge is 2.23. The SMILES string of the molecule is CC(C)CNC(=S)Nc1nc(N2CCC(C)CC2)cc(N2Cc3ccccc3C2)n1. The minimum atomic E-state index is 0.519. The zero-order valence-corrected chi connectivity index (χ0v) is 19.0. The second-order valence-electron chi connectivity index (χ2n) is 8.93. The van der Waals surface area contributed by atoms with Crippen LogP contribution in [-0.4, -0.2) is 34.7 Å². The molecule has 1 fully saturated rings. The first kappa shape index (κ1) is 20.8. The largest absolute Gasteiger partial charge is 0.362 e. The molecular weight excluding hydrogens is 392 g/mol. The highest BCUT2D eigenvalue weighted by molar-refractivity contribution is 7.80. The maximum atomic E-state index is 5.48. The van der Waals surface area contributed by atoms with Crippen LogP contribution in [0.1, 0.15) is 44.7 Å². The maximum Gasteiger partial charge on any atom is 0.232 e. The lowest BCUT2D eigenvalue weighted by Crippen LogP contribution is -2.35. The number of hydrogen-bond acceptors (Lipinski definition) is 5. The zero-order chi connectivity index (χ0) is 21.1. The Hall–Kier alpha value is -2.41. The summed E-state index contributed by atoms with van der Waals surface area (Å²) in [6.07, 6.45) is 2.40. The van der Waals surface area contributed by atoms with Crippen LogP contribution in [0.15, 0.2) is 30.3 Å². The molecule has 0 aliphatic carbocycles. The number of nitrogens with zero attached hydrogens (tertiary/aromatic N) is 4. The molecule has 0 spiro atoms. The standard InChI is InChI=1S/C23H32N6S/c1-16(2)13-24-23(30)27-22-25-20(28-10-8-17(3)9-11-28)12-21(26-22)29-14-18-6-4-5-7-19(18)15-29/h4-7,12,16-17H,8-11,13-15H2,1-3H3,(H2,24,25,26,27,30). The van der Waals surface area contributed by atoms with Crippen LogP contribution in [0, 0.1) is 11.8 Å². The molecule has 0 atom stereocenters. The van der Waals surface area contributed by atoms with Crippen LogP contribution in [0.3, 0.4) is 0 Å². The molecule has 2 N–H and O–H groups in total. The van der Waals surface area contributed by atoms with Gasteiger partial charge in [-0.3, -0.25) is 0 Å². The van der Waals surface area contributed by atoms with E-state index in [0.29, 0.717) is 17.0 Å². The summed E-state index contributed by atoms with van der Waals surface area (Å²) in [4.78, 5) is 14.3. The van der Waals surface area contributed by atoms with E-state index in [1.54, 1.807) is 0 Å². The van der Waals surface area contributed by atoms with Gasteiger partial charge in [0.25, 0.3) is 0 Å². The van der Waals surface area contributed by atoms with E-state index >= 15 is 0 Å². The molecule has 1 aromatic heterocycles. The lowest BCUT2D eigenvalue weighted by molar-refractivity contribution is 0.436. The molecule has 160 valence electrons. The Labute approximate surface area is 185 Å². The predicted molar refractivity (Wildman–Crippen MR) is 128 cm³/mol. The van der Waals surface area contributed by atoms with Crippen molar-refractivity contribution >= 4 is 34.9 Å². The molecule has 7 heteroatoms. The Balaban J connectivity index is 1.57. The summed E-state index contributed by atoms with van der Waals surface area (Å²) < 4.78 is 0. The van der Waals surface area contributed by atoms with Gasteiger partial charge in [-0.05, 0) is 48.0 Å². The van der Waals surface area contributed by atoms with Crippen molar-refractivity contribution in [2.75, 3.05) is 34.8 Å². The van der Waals surface area contributed by atoms with Gasteiger partial charge in [-0.25, -0.2) is 0 Å². The molecule has 30 heavy (non-hydrogen) atoms. The number of aromatic nitrogens is 2. The van der Waals surface area contributed by atoms with Crippen molar-refractivity contribution in [1.29, 1.82) is 0 Å². The monoisotopic (exact) mass is 424 g/mol. The highest BCUT2D eigenvalue weighted by Crippen LogP contribution is 2.31. The van der Waals surface area contributed by atoms with Crippen molar-refractivity contribution in [1.82, 2.24) is 15.3 Å². The average Bonchev–Trinajstić information content (AvgIpc) is 3.17. The van der Waals surface area contributed by atoms with Crippen molar-refractivity contribution in [3.8, 4) is 0 Å². The van der Waals surface area contributed by atoms with Crippen molar-refractivity contribution in [3.05, 3.63) is 41.5 Å². The Bertz CT molecular complexity index is 866. The van der Waals surface area contributed by atoms with Gasteiger partial charge in [0.2, 0.25) is 5.95 Å². The van der Waals surface area contributed by atoms with E-state index in [1.807, 2.05) is 0 Å². The number of nitrogens with one attached hydrogen (secondary N) is 2. The average molecular weight is 425 g/mol. The molecule has 4 rings (SSSR count). The second-order valence-corrected chi connectivity index (χ2v) is 9.34. The Morgan fingerprint density at radius 1 is 1.07 bits per heavy atom. The van der Waals surface area contributed by atoms with Crippen LogP contribution in [0.5, 0.6) is 0 Å². The molecule has 0 amide bonds. The van der Waals surface area contributed by atoms with Crippen LogP contribution < -0.4 is 20.4 Å². The third-order valence-corrected chi connectivity index (χ3v) is 6.11. The smallest absolute Gasteiger partial charge is 0.232 e. The summed E-state index contributed by atoms with van der Waals surface area (Å²) in [7, 11) is 0. The number of piperidine rings is 1. The van der Waals surface area contributed by atoms with Gasteiger partial charge < -0.3 is 20.4 Å². The molecule has 3 heterocycles. The first-order valence-corrected chi connectivity index (χ1v) is 11.4. The van der Waals surface area contributed by atoms with E-state index in [2.05, 4.69) is 71.5 Å². The lowest BCUT2D eigenvalue weighted by atomic mass is 9.99. The van der Waals surface area contributed by atoms with E-state index in [1.165, 1.54) is 24.0 Å². The van der Waals surface area contributed by atoms with E-state index in [4.69, 9.17) is 22.2 Å². The maximum absolute atomic E-state index is 5.48. The van der Waals surface area contributed by atoms with Gasteiger partial charge in [0.15, 0.2) is 5.11 Å². The molecule has 2 aliphatic heterocycles. The van der Waals surface area contributed by atoms with Gasteiger partial charge in [0.05, 0.1) is 0 Å². The van der Waals surface area contributed by atoms with Crippen LogP contribution >= 0.6 is 12.2 Å². The number of thiocarbonyl (C=S) groups is 1. The predicted octanol–water partition coefficient (Wildman–Crippen LogP) is 4.18. The van der Waals surface area contributed by atoms with Gasteiger partial charge >= 0.3 is 0 Å². The number of rotatable bonds is 5. The summed E-state index contributed by atoms with van der Waals surface area (Å²) in [5.41, 5.74) is 2.74. The van der Waals surface area contributed by atoms with Crippen LogP contribution in [-0.2, 0) is 13.1 Å². The fourth-order valence-corrected chi connectivity index (χ4v) is 4.15. The topological polar surface area (TPSA) is 56.3 Å². The van der Waals surface area contributed by atoms with Crippen LogP contribution in [0.25, 0.3) is 0 Å². The van der Waals surface area contributed by atoms with Crippen molar-refractivity contribution < 1.29 is 0 Å². The Kier molecular flexibility index (Phi) is 6.37. The summed E-state index contributed by atoms with van der Waals surface area (Å²) in [6, 6.07) is 10.8. The summed E-state index contributed by atoms with van der Waals surface area (Å²) in [5, 5.41) is 7.04. The van der Waals surface area contributed by atoms with Crippen LogP contribution in [0.2, 0.25) is 0 Å². The molecule has 2 aliphatic rings. The molecule has 2 aromatic rings. The molecule has 1 saturated heterocycles. The Morgan fingerprint density at radius 2 is 1.67 bits per heavy atom. The summed E-state index contributed by atoms with van der Waals surface area (Å²) in [6.45, 7) is 11.3.